The normalized spacial score (nSPS) is 13.3. The van der Waals surface area contributed by atoms with Crippen molar-refractivity contribution in [3.8, 4) is 0 Å². The van der Waals surface area contributed by atoms with E-state index in [2.05, 4.69) is 56.6 Å². The summed E-state index contributed by atoms with van der Waals surface area (Å²) in [4.78, 5) is 22.9. The highest BCUT2D eigenvalue weighted by Gasteiger charge is 2.26. The number of rotatable bonds is 11. The first-order valence-electron chi connectivity index (χ1n) is 8.87. The number of anilines is 1. The molecule has 2 unspecified atom stereocenters. The highest BCUT2D eigenvalue weighted by Crippen LogP contribution is 2.36. The number of amidine groups is 1. The van der Waals surface area contributed by atoms with Gasteiger partial charge in [0.05, 0.1) is 31.8 Å². The van der Waals surface area contributed by atoms with Crippen LogP contribution in [0.2, 0.25) is 0 Å². The molecule has 0 saturated carbocycles. The van der Waals surface area contributed by atoms with E-state index in [0.29, 0.717) is 5.69 Å². The quantitative estimate of drug-likeness (QED) is 0.0449. The van der Waals surface area contributed by atoms with Crippen molar-refractivity contribution in [3.63, 3.8) is 0 Å². The van der Waals surface area contributed by atoms with Crippen LogP contribution in [-0.4, -0.2) is 65.7 Å². The molecule has 2 aromatic rings. The number of nitrogens with zero attached hydrogens (tertiary/aromatic N) is 3. The number of carbonyl (C=O) groups is 2. The van der Waals surface area contributed by atoms with E-state index in [1.165, 1.54) is 32.4 Å². The maximum atomic E-state index is 13.5. The Hall–Kier alpha value is -2.52. The van der Waals surface area contributed by atoms with Gasteiger partial charge in [-0.15, -0.1) is 0 Å². The molecule has 0 radical (unpaired) electrons. The average Bonchev–Trinajstić information content (AvgIpc) is 3.28. The number of esters is 2. The van der Waals surface area contributed by atoms with Crippen LogP contribution in [0, 0.1) is 5.82 Å². The number of aromatic nitrogens is 2. The molecule has 0 aliphatic rings. The smallest absolute Gasteiger partial charge is 0.320 e. The molecule has 0 amide bonds. The Labute approximate surface area is 199 Å². The van der Waals surface area contributed by atoms with Gasteiger partial charge in [-0.1, -0.05) is 16.9 Å². The molecule has 0 spiro atoms. The number of nitrogens with one attached hydrogen (secondary N) is 3. The fraction of sp³-hybridized carbons (Fsp3) is 0.312. The molecule has 4 N–H and O–H groups in total. The van der Waals surface area contributed by atoms with Gasteiger partial charge < -0.3 is 24.6 Å². The van der Waals surface area contributed by atoms with E-state index >= 15 is 0 Å². The molecule has 0 aliphatic heterocycles. The molecule has 2 rings (SSSR count). The Kier molecular flexibility index (Phi) is 10.7. The molecule has 33 heavy (non-hydrogen) atoms. The van der Waals surface area contributed by atoms with Crippen LogP contribution >= 0.6 is 35.6 Å². The Morgan fingerprint density at radius 1 is 1.30 bits per heavy atom. The summed E-state index contributed by atoms with van der Waals surface area (Å²) in [5, 5.41) is 27.0. The number of carbonyl (C=O) groups excluding carboxylic acids is 2. The van der Waals surface area contributed by atoms with E-state index in [0.717, 1.165) is 11.8 Å². The van der Waals surface area contributed by atoms with Crippen molar-refractivity contribution in [2.45, 2.75) is 10.1 Å². The van der Waals surface area contributed by atoms with Gasteiger partial charge in [-0.25, -0.2) is 9.02 Å². The van der Waals surface area contributed by atoms with E-state index in [9.17, 15) is 23.8 Å². The molecule has 0 saturated heterocycles. The summed E-state index contributed by atoms with van der Waals surface area (Å²) in [7, 11) is -0.398. The zero-order valence-electron chi connectivity index (χ0n) is 17.1. The number of oxime groups is 1. The summed E-state index contributed by atoms with van der Waals surface area (Å²) >= 11 is 3.88. The molecule has 1 aromatic carbocycles. The van der Waals surface area contributed by atoms with Gasteiger partial charge >= 0.3 is 11.9 Å². The molecule has 13 nitrogen and oxygen atoms in total. The van der Waals surface area contributed by atoms with Gasteiger partial charge in [0.1, 0.15) is 10.9 Å². The summed E-state index contributed by atoms with van der Waals surface area (Å²) in [5.74, 6) is -1.96. The van der Waals surface area contributed by atoms with Crippen molar-refractivity contribution >= 4 is 59.1 Å². The minimum atomic E-state index is -2.77. The number of hydrogen-bond acceptors (Lipinski definition) is 12. The molecule has 0 bridgehead atoms. The van der Waals surface area contributed by atoms with Gasteiger partial charge in [0.15, 0.2) is 18.7 Å². The van der Waals surface area contributed by atoms with Crippen molar-refractivity contribution in [1.82, 2.24) is 20.7 Å². The van der Waals surface area contributed by atoms with Crippen molar-refractivity contribution in [1.29, 1.82) is 0 Å². The highest BCUT2D eigenvalue weighted by molar-refractivity contribution is 9.10. The second kappa shape index (κ2) is 13.3. The topological polar surface area (TPSA) is 177 Å². The molecular weight excluding hydrogens is 550 g/mol. The lowest BCUT2D eigenvalue weighted by molar-refractivity contribution is -0.140. The van der Waals surface area contributed by atoms with E-state index in [4.69, 9.17) is 4.63 Å². The van der Waals surface area contributed by atoms with Crippen LogP contribution in [0.1, 0.15) is 5.69 Å². The third kappa shape index (κ3) is 8.08. The van der Waals surface area contributed by atoms with Gasteiger partial charge in [-0.3, -0.25) is 20.0 Å². The number of ether oxygens (including phenoxy) is 2. The number of halogens is 2. The SMILES string of the molecule is COC(=O)CNC(Sc1nonc1/C(=N/O)Nc1ccc(F)c(Br)c1)[PH](=O)NCC(=O)OC. The summed E-state index contributed by atoms with van der Waals surface area (Å²) in [6, 6.07) is 3.98. The van der Waals surface area contributed by atoms with Gasteiger partial charge in [-0.05, 0) is 44.4 Å². The number of hydrogen-bond donors (Lipinski definition) is 4. The lowest BCUT2D eigenvalue weighted by Crippen LogP contribution is -2.33. The Balaban J connectivity index is 2.21. The monoisotopic (exact) mass is 568 g/mol. The van der Waals surface area contributed by atoms with Crippen molar-refractivity contribution < 1.29 is 37.9 Å². The number of thioether (sulfide) groups is 1. The van der Waals surface area contributed by atoms with Crippen LogP contribution in [-0.2, 0) is 23.6 Å². The van der Waals surface area contributed by atoms with E-state index < -0.39 is 30.8 Å². The highest BCUT2D eigenvalue weighted by atomic mass is 79.9. The number of benzene rings is 1. The maximum absolute atomic E-state index is 13.5. The van der Waals surface area contributed by atoms with Gasteiger partial charge in [0.2, 0.25) is 5.84 Å². The third-order valence-corrected chi connectivity index (χ3v) is 7.43. The Bertz CT molecular complexity index is 1040. The molecule has 180 valence electrons. The van der Waals surface area contributed by atoms with Crippen LogP contribution in [0.25, 0.3) is 0 Å². The molecule has 0 aliphatic carbocycles. The number of methoxy groups -OCH3 is 2. The van der Waals surface area contributed by atoms with Gasteiger partial charge in [-0.2, -0.15) is 0 Å². The van der Waals surface area contributed by atoms with Crippen LogP contribution in [0.4, 0.5) is 10.1 Å². The summed E-state index contributed by atoms with van der Waals surface area (Å²) in [6.45, 7) is -0.632. The van der Waals surface area contributed by atoms with Crippen LogP contribution in [0.5, 0.6) is 0 Å². The van der Waals surface area contributed by atoms with Crippen LogP contribution < -0.4 is 15.7 Å². The Morgan fingerprint density at radius 2 is 2.00 bits per heavy atom. The van der Waals surface area contributed by atoms with E-state index in [1.807, 2.05) is 0 Å². The Morgan fingerprint density at radius 3 is 2.64 bits per heavy atom. The minimum Gasteiger partial charge on any atom is -0.468 e. The standard InChI is InChI=1S/C16H19BrFN6O7PS/c1-29-11(25)6-19-16(32(28)20-7-12(26)30-2)33-15-13(23-31-24-15)14(22-27)21-8-3-4-10(18)9(17)5-8/h3-5,16,19,27,32H,6-7H2,1-2H3,(H,20,28)(H,21,22). The lowest BCUT2D eigenvalue weighted by atomic mass is 10.3. The van der Waals surface area contributed by atoms with Crippen LogP contribution in [0.15, 0.2) is 37.5 Å². The molecule has 0 fully saturated rings. The molecule has 1 heterocycles. The average molecular weight is 569 g/mol. The van der Waals surface area contributed by atoms with E-state index in [1.54, 1.807) is 0 Å². The second-order valence-electron chi connectivity index (χ2n) is 5.87. The zero-order valence-corrected chi connectivity index (χ0v) is 20.5. The first-order chi connectivity index (χ1) is 15.8. The largest absolute Gasteiger partial charge is 0.468 e. The first kappa shape index (κ1) is 26.7. The van der Waals surface area contributed by atoms with Crippen molar-refractivity contribution in [2.75, 3.05) is 32.6 Å². The van der Waals surface area contributed by atoms with Gasteiger partial charge in [0.25, 0.3) is 0 Å². The zero-order chi connectivity index (χ0) is 24.4. The fourth-order valence-electron chi connectivity index (χ4n) is 2.12. The summed E-state index contributed by atoms with van der Waals surface area (Å²) < 4.78 is 40.1. The minimum absolute atomic E-state index is 0.0389. The second-order valence-corrected chi connectivity index (χ2v) is 9.90. The van der Waals surface area contributed by atoms with Crippen LogP contribution in [0.3, 0.4) is 0 Å². The maximum Gasteiger partial charge on any atom is 0.320 e. The lowest BCUT2D eigenvalue weighted by Gasteiger charge is -2.17. The molecule has 2 atom stereocenters. The molecule has 1 aromatic heterocycles. The third-order valence-electron chi connectivity index (χ3n) is 3.73. The first-order valence-corrected chi connectivity index (χ1v) is 12.0. The molecule has 17 heteroatoms. The summed E-state index contributed by atoms with van der Waals surface area (Å²) in [5.41, 5.74) is 0.291. The predicted octanol–water partition coefficient (Wildman–Crippen LogP) is 1.59. The fourth-order valence-corrected chi connectivity index (χ4v) is 5.01. The van der Waals surface area contributed by atoms with Crippen molar-refractivity contribution in [2.24, 2.45) is 5.16 Å². The predicted molar refractivity (Wildman–Crippen MR) is 119 cm³/mol. The van der Waals surface area contributed by atoms with Crippen molar-refractivity contribution in [3.05, 3.63) is 34.2 Å². The van der Waals surface area contributed by atoms with E-state index in [-0.39, 0.29) is 34.1 Å². The molecular formula is C16H19BrFN6O7PS. The summed E-state index contributed by atoms with van der Waals surface area (Å²) in [6.07, 6.45) is 0. The van der Waals surface area contributed by atoms with Gasteiger partial charge in [0, 0.05) is 5.69 Å².